The van der Waals surface area contributed by atoms with Gasteiger partial charge in [0.2, 0.25) is 5.88 Å². The van der Waals surface area contributed by atoms with Crippen LogP contribution >= 0.6 is 39.0 Å². The van der Waals surface area contributed by atoms with Crippen molar-refractivity contribution < 1.29 is 14.3 Å². The normalized spacial score (nSPS) is 17.0. The second kappa shape index (κ2) is 9.69. The van der Waals surface area contributed by atoms with Crippen molar-refractivity contribution in [3.05, 3.63) is 9.98 Å². The molecule has 11 heteroatoms. The molecule has 0 bridgehead atoms. The van der Waals surface area contributed by atoms with E-state index in [4.69, 9.17) is 9.47 Å². The third-order valence-electron chi connectivity index (χ3n) is 4.34. The summed E-state index contributed by atoms with van der Waals surface area (Å²) in [6.45, 7) is 6.85. The van der Waals surface area contributed by atoms with Crippen LogP contribution in [0.2, 0.25) is 0 Å². The number of anilines is 1. The van der Waals surface area contributed by atoms with E-state index in [9.17, 15) is 4.79 Å². The first-order valence-corrected chi connectivity index (χ1v) is 12.5. The van der Waals surface area contributed by atoms with Gasteiger partial charge in [-0.1, -0.05) is 11.8 Å². The van der Waals surface area contributed by atoms with Gasteiger partial charge in [-0.3, -0.25) is 0 Å². The van der Waals surface area contributed by atoms with Crippen molar-refractivity contribution >= 4 is 50.9 Å². The summed E-state index contributed by atoms with van der Waals surface area (Å²) in [6, 6.07) is 0.0303. The largest absolute Gasteiger partial charge is 0.480 e. The van der Waals surface area contributed by atoms with E-state index >= 15 is 0 Å². The Kier molecular flexibility index (Phi) is 7.46. The quantitative estimate of drug-likeness (QED) is 0.443. The number of thioether (sulfide) groups is 1. The molecule has 2 aromatic heterocycles. The molecular formula is C19H26BrN5O3S2. The Morgan fingerprint density at radius 3 is 2.73 bits per heavy atom. The van der Waals surface area contributed by atoms with Gasteiger partial charge in [-0.15, -0.1) is 11.3 Å². The third-order valence-corrected chi connectivity index (χ3v) is 6.45. The molecule has 1 saturated heterocycles. The van der Waals surface area contributed by atoms with Crippen molar-refractivity contribution in [2.45, 2.75) is 50.4 Å². The minimum atomic E-state index is -0.518. The molecule has 1 aliphatic heterocycles. The number of piperidine rings is 1. The van der Waals surface area contributed by atoms with Crippen LogP contribution in [0.4, 0.5) is 10.6 Å². The van der Waals surface area contributed by atoms with Gasteiger partial charge >= 0.3 is 6.09 Å². The predicted molar refractivity (Wildman–Crippen MR) is 124 cm³/mol. The zero-order valence-corrected chi connectivity index (χ0v) is 20.9. The van der Waals surface area contributed by atoms with Gasteiger partial charge in [-0.25, -0.2) is 14.8 Å². The van der Waals surface area contributed by atoms with Gasteiger partial charge in [-0.2, -0.15) is 4.98 Å². The number of halogens is 1. The van der Waals surface area contributed by atoms with E-state index in [-0.39, 0.29) is 12.1 Å². The van der Waals surface area contributed by atoms with Crippen LogP contribution in [-0.4, -0.2) is 64.0 Å². The van der Waals surface area contributed by atoms with E-state index in [2.05, 4.69) is 36.2 Å². The standard InChI is InChI=1S/C19H26BrN5O3S2/c1-19(2,3)28-18(26)25-8-6-7-11(9-25)21-14-13(16-22-12(20)10-30-16)15(27-4)24-17(23-14)29-5/h10-11H,6-9H2,1-5H3,(H,21,23,24)/t11-/m1/s1. The van der Waals surface area contributed by atoms with Crippen LogP contribution < -0.4 is 10.1 Å². The lowest BCUT2D eigenvalue weighted by molar-refractivity contribution is 0.0206. The fourth-order valence-corrected chi connectivity index (χ4v) is 4.75. The summed E-state index contributed by atoms with van der Waals surface area (Å²) in [4.78, 5) is 28.0. The molecule has 0 unspecified atom stereocenters. The van der Waals surface area contributed by atoms with E-state index in [1.165, 1.54) is 23.1 Å². The fourth-order valence-electron chi connectivity index (χ4n) is 3.11. The van der Waals surface area contributed by atoms with Crippen molar-refractivity contribution in [3.63, 3.8) is 0 Å². The number of thiazole rings is 1. The van der Waals surface area contributed by atoms with Gasteiger partial charge in [-0.05, 0) is 55.8 Å². The summed E-state index contributed by atoms with van der Waals surface area (Å²) < 4.78 is 11.8. The lowest BCUT2D eigenvalue weighted by Gasteiger charge is -2.34. The molecule has 1 N–H and O–H groups in total. The van der Waals surface area contributed by atoms with Gasteiger partial charge in [0.25, 0.3) is 0 Å². The Morgan fingerprint density at radius 2 is 2.13 bits per heavy atom. The first kappa shape index (κ1) is 23.1. The number of hydrogen-bond donors (Lipinski definition) is 1. The maximum atomic E-state index is 12.5. The Labute approximate surface area is 193 Å². The number of nitrogens with one attached hydrogen (secondary N) is 1. The monoisotopic (exact) mass is 515 g/mol. The van der Waals surface area contributed by atoms with Crippen LogP contribution in [0.25, 0.3) is 10.6 Å². The molecule has 0 spiro atoms. The smallest absolute Gasteiger partial charge is 0.410 e. The van der Waals surface area contributed by atoms with Crippen LogP contribution in [-0.2, 0) is 4.74 Å². The second-order valence-corrected chi connectivity index (χ2v) is 10.3. The highest BCUT2D eigenvalue weighted by Crippen LogP contribution is 2.39. The lowest BCUT2D eigenvalue weighted by Crippen LogP contribution is -2.47. The van der Waals surface area contributed by atoms with Gasteiger partial charge in [0.15, 0.2) is 5.16 Å². The van der Waals surface area contributed by atoms with Crippen LogP contribution in [0.1, 0.15) is 33.6 Å². The number of methoxy groups -OCH3 is 1. The Bertz CT molecular complexity index is 903. The maximum Gasteiger partial charge on any atom is 0.410 e. The van der Waals surface area contributed by atoms with Gasteiger partial charge in [0, 0.05) is 24.5 Å². The van der Waals surface area contributed by atoms with Gasteiger partial charge in [0.05, 0.1) is 7.11 Å². The average molecular weight is 516 g/mol. The van der Waals surface area contributed by atoms with Crippen molar-refractivity contribution in [3.8, 4) is 16.5 Å². The minimum absolute atomic E-state index is 0.0303. The molecule has 2 aromatic rings. The summed E-state index contributed by atoms with van der Waals surface area (Å²) in [5.41, 5.74) is 0.205. The first-order valence-electron chi connectivity index (χ1n) is 9.56. The highest BCUT2D eigenvalue weighted by Gasteiger charge is 2.29. The molecule has 0 aliphatic carbocycles. The lowest BCUT2D eigenvalue weighted by atomic mass is 10.1. The molecule has 1 fully saturated rings. The summed E-state index contributed by atoms with van der Waals surface area (Å²) in [5.74, 6) is 1.13. The van der Waals surface area contributed by atoms with Crippen molar-refractivity contribution in [1.82, 2.24) is 19.9 Å². The van der Waals surface area contributed by atoms with Gasteiger partial charge < -0.3 is 19.7 Å². The number of carbonyl (C=O) groups excluding carboxylic acids is 1. The van der Waals surface area contributed by atoms with E-state index in [0.29, 0.717) is 29.9 Å². The van der Waals surface area contributed by atoms with Crippen LogP contribution in [0.3, 0.4) is 0 Å². The number of carbonyl (C=O) groups is 1. The Hall–Kier alpha value is -1.59. The SMILES string of the molecule is COc1nc(SC)nc(N[C@@H]2CCCN(C(=O)OC(C)(C)C)C2)c1-c1nc(Br)cs1. The van der Waals surface area contributed by atoms with Crippen LogP contribution in [0, 0.1) is 0 Å². The number of aromatic nitrogens is 3. The van der Waals surface area contributed by atoms with E-state index in [1.807, 2.05) is 32.4 Å². The molecule has 1 aliphatic rings. The van der Waals surface area contributed by atoms with Gasteiger partial charge in [0.1, 0.15) is 26.6 Å². The Balaban J connectivity index is 1.87. The molecule has 3 heterocycles. The molecule has 1 amide bonds. The summed E-state index contributed by atoms with van der Waals surface area (Å²) >= 11 is 6.34. The number of amides is 1. The van der Waals surface area contributed by atoms with E-state index in [0.717, 1.165) is 28.0 Å². The van der Waals surface area contributed by atoms with E-state index < -0.39 is 5.60 Å². The zero-order chi connectivity index (χ0) is 21.9. The van der Waals surface area contributed by atoms with Crippen molar-refractivity contribution in [2.75, 3.05) is 31.8 Å². The minimum Gasteiger partial charge on any atom is -0.480 e. The summed E-state index contributed by atoms with van der Waals surface area (Å²) in [7, 11) is 1.59. The molecule has 0 saturated carbocycles. The Morgan fingerprint density at radius 1 is 1.37 bits per heavy atom. The molecule has 0 radical (unpaired) electrons. The van der Waals surface area contributed by atoms with Crippen LogP contribution in [0.15, 0.2) is 15.1 Å². The fraction of sp³-hybridized carbons (Fsp3) is 0.579. The maximum absolute atomic E-state index is 12.5. The molecule has 0 aromatic carbocycles. The summed E-state index contributed by atoms with van der Waals surface area (Å²) in [6.07, 6.45) is 3.43. The van der Waals surface area contributed by atoms with Crippen molar-refractivity contribution in [2.24, 2.45) is 0 Å². The highest BCUT2D eigenvalue weighted by atomic mass is 79.9. The predicted octanol–water partition coefficient (Wildman–Crippen LogP) is 4.90. The molecule has 30 heavy (non-hydrogen) atoms. The average Bonchev–Trinajstić information content (AvgIpc) is 3.12. The highest BCUT2D eigenvalue weighted by molar-refractivity contribution is 9.10. The number of likely N-dealkylation sites (tertiary alicyclic amines) is 1. The molecular weight excluding hydrogens is 490 g/mol. The molecule has 3 rings (SSSR count). The van der Waals surface area contributed by atoms with E-state index in [1.54, 1.807) is 12.0 Å². The number of rotatable bonds is 5. The molecule has 164 valence electrons. The zero-order valence-electron chi connectivity index (χ0n) is 17.7. The molecule has 8 nitrogen and oxygen atoms in total. The summed E-state index contributed by atoms with van der Waals surface area (Å²) in [5, 5.41) is 6.78. The third kappa shape index (κ3) is 5.76. The van der Waals surface area contributed by atoms with Crippen molar-refractivity contribution in [1.29, 1.82) is 0 Å². The topological polar surface area (TPSA) is 89.5 Å². The first-order chi connectivity index (χ1) is 14.2. The second-order valence-electron chi connectivity index (χ2n) is 7.83. The number of nitrogens with zero attached hydrogens (tertiary/aromatic N) is 4. The van der Waals surface area contributed by atoms with Crippen LogP contribution in [0.5, 0.6) is 5.88 Å². The molecule has 1 atom stereocenters. The number of hydrogen-bond acceptors (Lipinski definition) is 9. The number of ether oxygens (including phenoxy) is 2.